The van der Waals surface area contributed by atoms with E-state index in [0.717, 1.165) is 21.0 Å². The van der Waals surface area contributed by atoms with Crippen molar-refractivity contribution in [3.63, 3.8) is 0 Å². The summed E-state index contributed by atoms with van der Waals surface area (Å²) in [6, 6.07) is 27.6. The molecule has 0 unspecified atom stereocenters. The van der Waals surface area contributed by atoms with E-state index in [0.29, 0.717) is 28.4 Å². The third-order valence-electron chi connectivity index (χ3n) is 7.37. The molecule has 4 aromatic rings. The third-order valence-corrected chi connectivity index (χ3v) is 9.38. The van der Waals surface area contributed by atoms with Crippen molar-refractivity contribution < 1.29 is 18.0 Å². The van der Waals surface area contributed by atoms with Crippen LogP contribution in [-0.2, 0) is 32.6 Å². The van der Waals surface area contributed by atoms with Crippen LogP contribution in [0.1, 0.15) is 34.7 Å². The molecule has 0 heterocycles. The minimum absolute atomic E-state index is 0.0549. The number of anilines is 1. The fourth-order valence-corrected chi connectivity index (χ4v) is 6.81. The van der Waals surface area contributed by atoms with Crippen LogP contribution in [-0.4, -0.2) is 44.3 Å². The van der Waals surface area contributed by atoms with Gasteiger partial charge >= 0.3 is 0 Å². The van der Waals surface area contributed by atoms with Crippen molar-refractivity contribution in [2.45, 2.75) is 51.6 Å². The van der Waals surface area contributed by atoms with Crippen molar-refractivity contribution in [1.82, 2.24) is 10.2 Å². The van der Waals surface area contributed by atoms with E-state index >= 15 is 0 Å². The van der Waals surface area contributed by atoms with Gasteiger partial charge in [-0.25, -0.2) is 8.42 Å². The predicted molar refractivity (Wildman–Crippen MR) is 176 cm³/mol. The lowest BCUT2D eigenvalue weighted by Crippen LogP contribution is -2.53. The van der Waals surface area contributed by atoms with E-state index in [2.05, 4.69) is 5.32 Å². The molecule has 0 saturated heterocycles. The molecule has 1 atom stereocenters. The highest BCUT2D eigenvalue weighted by atomic mass is 35.5. The molecule has 0 bridgehead atoms. The molecule has 0 aliphatic heterocycles. The molecule has 0 spiro atoms. The Labute approximate surface area is 265 Å². The first kappa shape index (κ1) is 32.8. The van der Waals surface area contributed by atoms with Gasteiger partial charge in [0.1, 0.15) is 12.6 Å². The number of amides is 2. The minimum Gasteiger partial charge on any atom is -0.355 e. The van der Waals surface area contributed by atoms with Crippen molar-refractivity contribution in [2.75, 3.05) is 17.4 Å². The number of benzene rings is 4. The van der Waals surface area contributed by atoms with Gasteiger partial charge < -0.3 is 10.2 Å². The summed E-state index contributed by atoms with van der Waals surface area (Å²) in [4.78, 5) is 29.6. The maximum atomic E-state index is 14.5. The van der Waals surface area contributed by atoms with Crippen molar-refractivity contribution in [3.8, 4) is 0 Å². The molecule has 0 aromatic heterocycles. The Bertz CT molecular complexity index is 1710. The largest absolute Gasteiger partial charge is 0.355 e. The van der Waals surface area contributed by atoms with Gasteiger partial charge in [0.15, 0.2) is 0 Å². The highest BCUT2D eigenvalue weighted by Gasteiger charge is 2.35. The van der Waals surface area contributed by atoms with Gasteiger partial charge in [-0.3, -0.25) is 13.9 Å². The summed E-state index contributed by atoms with van der Waals surface area (Å²) < 4.78 is 29.5. The SMILES string of the molecule is CCNC(=O)[C@H](Cc1ccccc1)N(Cc1cccc(Cl)c1)C(=O)CN(c1ccc(C)cc1C)S(=O)(=O)c1ccc(C)cc1. The van der Waals surface area contributed by atoms with Crippen molar-refractivity contribution in [3.05, 3.63) is 130 Å². The Morgan fingerprint density at radius 3 is 2.11 bits per heavy atom. The van der Waals surface area contributed by atoms with Gasteiger partial charge in [0.25, 0.3) is 10.0 Å². The highest BCUT2D eigenvalue weighted by molar-refractivity contribution is 7.92. The number of carbonyl (C=O) groups excluding carboxylic acids is 2. The summed E-state index contributed by atoms with van der Waals surface area (Å²) in [6.45, 7) is 7.36. The topological polar surface area (TPSA) is 86.8 Å². The number of hydrogen-bond acceptors (Lipinski definition) is 4. The molecule has 7 nitrogen and oxygen atoms in total. The Morgan fingerprint density at radius 2 is 1.48 bits per heavy atom. The van der Waals surface area contributed by atoms with E-state index in [1.54, 1.807) is 48.5 Å². The molecule has 4 rings (SSSR count). The number of carbonyl (C=O) groups is 2. The summed E-state index contributed by atoms with van der Waals surface area (Å²) in [5.41, 5.74) is 4.56. The van der Waals surface area contributed by atoms with Gasteiger partial charge in [-0.05, 0) is 74.7 Å². The quantitative estimate of drug-likeness (QED) is 0.201. The van der Waals surface area contributed by atoms with E-state index in [1.807, 2.05) is 76.2 Å². The first-order valence-corrected chi connectivity index (χ1v) is 16.3. The van der Waals surface area contributed by atoms with Gasteiger partial charge in [-0.1, -0.05) is 89.5 Å². The van der Waals surface area contributed by atoms with Crippen LogP contribution in [0.15, 0.2) is 102 Å². The summed E-state index contributed by atoms with van der Waals surface area (Å²) in [6.07, 6.45) is 0.243. The summed E-state index contributed by atoms with van der Waals surface area (Å²) in [5.74, 6) is -0.848. The molecule has 230 valence electrons. The molecule has 44 heavy (non-hydrogen) atoms. The number of rotatable bonds is 12. The standard InChI is InChI=1S/C35H38ClN3O4S/c1-5-37-35(41)33(22-28-10-7-6-8-11-28)38(23-29-12-9-13-30(36)21-29)34(40)24-39(32-19-16-26(3)20-27(32)4)44(42,43)31-17-14-25(2)15-18-31/h6-21,33H,5,22-24H2,1-4H3,(H,37,41)/t33-/m0/s1. The fourth-order valence-electron chi connectivity index (χ4n) is 5.11. The number of nitrogens with zero attached hydrogens (tertiary/aromatic N) is 2. The van der Waals surface area contributed by atoms with E-state index in [9.17, 15) is 18.0 Å². The number of likely N-dealkylation sites (N-methyl/N-ethyl adjacent to an activating group) is 1. The summed E-state index contributed by atoms with van der Waals surface area (Å²) >= 11 is 6.29. The van der Waals surface area contributed by atoms with Crippen LogP contribution in [0.4, 0.5) is 5.69 Å². The second-order valence-corrected chi connectivity index (χ2v) is 13.2. The number of aryl methyl sites for hydroxylation is 3. The first-order valence-electron chi connectivity index (χ1n) is 14.5. The van der Waals surface area contributed by atoms with Gasteiger partial charge in [0.05, 0.1) is 10.6 Å². The van der Waals surface area contributed by atoms with Crippen LogP contribution < -0.4 is 9.62 Å². The number of hydrogen-bond donors (Lipinski definition) is 1. The number of halogens is 1. The molecule has 0 aliphatic rings. The summed E-state index contributed by atoms with van der Waals surface area (Å²) in [7, 11) is -4.17. The Hall–Kier alpha value is -4.14. The fraction of sp³-hybridized carbons (Fsp3) is 0.257. The normalized spacial score (nSPS) is 11.9. The Morgan fingerprint density at radius 1 is 0.818 bits per heavy atom. The van der Waals surface area contributed by atoms with Crippen LogP contribution in [0.25, 0.3) is 0 Å². The molecule has 9 heteroatoms. The molecule has 0 fully saturated rings. The molecular weight excluding hydrogens is 594 g/mol. The average molecular weight is 632 g/mol. The highest BCUT2D eigenvalue weighted by Crippen LogP contribution is 2.29. The predicted octanol–water partition coefficient (Wildman–Crippen LogP) is 6.24. The van der Waals surface area contributed by atoms with E-state index < -0.39 is 28.5 Å². The first-order chi connectivity index (χ1) is 21.0. The molecule has 4 aromatic carbocycles. The smallest absolute Gasteiger partial charge is 0.264 e. The van der Waals surface area contributed by atoms with Crippen LogP contribution in [0.5, 0.6) is 0 Å². The van der Waals surface area contributed by atoms with Gasteiger partial charge in [0, 0.05) is 24.5 Å². The van der Waals surface area contributed by atoms with Crippen molar-refractivity contribution in [2.24, 2.45) is 0 Å². The number of sulfonamides is 1. The zero-order valence-corrected chi connectivity index (χ0v) is 27.0. The number of nitrogens with one attached hydrogen (secondary N) is 1. The minimum atomic E-state index is -4.17. The molecule has 0 saturated carbocycles. The van der Waals surface area contributed by atoms with E-state index in [1.165, 1.54) is 4.90 Å². The van der Waals surface area contributed by atoms with E-state index in [-0.39, 0.29) is 23.8 Å². The molecule has 1 N–H and O–H groups in total. The molecular formula is C35H38ClN3O4S. The monoisotopic (exact) mass is 631 g/mol. The lowest BCUT2D eigenvalue weighted by atomic mass is 10.0. The Kier molecular flexibility index (Phi) is 10.8. The third kappa shape index (κ3) is 8.07. The van der Waals surface area contributed by atoms with Gasteiger partial charge in [-0.2, -0.15) is 0 Å². The molecule has 2 amide bonds. The van der Waals surface area contributed by atoms with Gasteiger partial charge in [-0.15, -0.1) is 0 Å². The van der Waals surface area contributed by atoms with Crippen LogP contribution in [0.3, 0.4) is 0 Å². The van der Waals surface area contributed by atoms with E-state index in [4.69, 9.17) is 11.6 Å². The second kappa shape index (κ2) is 14.6. The second-order valence-electron chi connectivity index (χ2n) is 10.9. The average Bonchev–Trinajstić information content (AvgIpc) is 2.99. The Balaban J connectivity index is 1.82. The van der Waals surface area contributed by atoms with Crippen LogP contribution in [0.2, 0.25) is 5.02 Å². The lowest BCUT2D eigenvalue weighted by Gasteiger charge is -2.34. The van der Waals surface area contributed by atoms with Gasteiger partial charge in [0.2, 0.25) is 11.8 Å². The van der Waals surface area contributed by atoms with Crippen LogP contribution in [0, 0.1) is 20.8 Å². The van der Waals surface area contributed by atoms with Crippen molar-refractivity contribution in [1.29, 1.82) is 0 Å². The summed E-state index contributed by atoms with van der Waals surface area (Å²) in [5, 5.41) is 3.36. The van der Waals surface area contributed by atoms with Crippen LogP contribution >= 0.6 is 11.6 Å². The zero-order chi connectivity index (χ0) is 31.9. The molecule has 0 aliphatic carbocycles. The van der Waals surface area contributed by atoms with Crippen molar-refractivity contribution >= 4 is 39.1 Å². The lowest BCUT2D eigenvalue weighted by molar-refractivity contribution is -0.140. The maximum Gasteiger partial charge on any atom is 0.264 e. The maximum absolute atomic E-state index is 14.5. The zero-order valence-electron chi connectivity index (χ0n) is 25.5. The molecule has 0 radical (unpaired) electrons.